The van der Waals surface area contributed by atoms with Gasteiger partial charge in [-0.15, -0.1) is 11.3 Å². The van der Waals surface area contributed by atoms with E-state index in [9.17, 15) is 14.4 Å². The van der Waals surface area contributed by atoms with Crippen molar-refractivity contribution in [3.05, 3.63) is 69.5 Å². The summed E-state index contributed by atoms with van der Waals surface area (Å²) in [6.45, 7) is 4.73. The molecule has 0 spiro atoms. The SMILES string of the molecule is O=C(NC1(C(=O)N[C@H](Cc2ccccc2)C(=O)NCCCN2CCOCC2)CCCCC1)c1cc2ccc(Br)cc2s1. The van der Waals surface area contributed by atoms with E-state index in [0.29, 0.717) is 30.7 Å². The number of nitrogens with zero attached hydrogens (tertiary/aromatic N) is 1. The molecule has 1 aliphatic carbocycles. The molecule has 224 valence electrons. The molecule has 0 radical (unpaired) electrons. The Kier molecular flexibility index (Phi) is 10.7. The van der Waals surface area contributed by atoms with Crippen LogP contribution in [0, 0.1) is 0 Å². The number of rotatable bonds is 11. The first kappa shape index (κ1) is 30.7. The lowest BCUT2D eigenvalue weighted by molar-refractivity contribution is -0.133. The van der Waals surface area contributed by atoms with E-state index in [-0.39, 0.29) is 17.7 Å². The molecule has 1 aromatic heterocycles. The third-order valence-electron chi connectivity index (χ3n) is 8.16. The molecule has 2 fully saturated rings. The first-order chi connectivity index (χ1) is 20.4. The van der Waals surface area contributed by atoms with Crippen molar-refractivity contribution in [3.8, 4) is 0 Å². The average Bonchev–Trinajstić information content (AvgIpc) is 3.44. The third kappa shape index (κ3) is 7.98. The maximum absolute atomic E-state index is 14.0. The number of carbonyl (C=O) groups is 3. The van der Waals surface area contributed by atoms with Crippen molar-refractivity contribution >= 4 is 55.1 Å². The molecule has 1 atom stereocenters. The quantitative estimate of drug-likeness (QED) is 0.261. The predicted molar refractivity (Wildman–Crippen MR) is 170 cm³/mol. The van der Waals surface area contributed by atoms with Crippen LogP contribution in [0.25, 0.3) is 10.1 Å². The summed E-state index contributed by atoms with van der Waals surface area (Å²) in [5.41, 5.74) is -0.0955. The Morgan fingerprint density at radius 1 is 1.00 bits per heavy atom. The van der Waals surface area contributed by atoms with Crippen molar-refractivity contribution in [1.29, 1.82) is 0 Å². The van der Waals surface area contributed by atoms with E-state index in [0.717, 1.165) is 78.7 Å². The summed E-state index contributed by atoms with van der Waals surface area (Å²) in [7, 11) is 0. The van der Waals surface area contributed by atoms with E-state index >= 15 is 0 Å². The van der Waals surface area contributed by atoms with E-state index in [1.54, 1.807) is 0 Å². The van der Waals surface area contributed by atoms with E-state index in [1.165, 1.54) is 11.3 Å². The number of hydrogen-bond acceptors (Lipinski definition) is 6. The molecule has 1 aliphatic heterocycles. The van der Waals surface area contributed by atoms with Gasteiger partial charge in [0.1, 0.15) is 11.6 Å². The van der Waals surface area contributed by atoms with Crippen molar-refractivity contribution in [2.45, 2.75) is 56.5 Å². The van der Waals surface area contributed by atoms with E-state index in [1.807, 2.05) is 54.6 Å². The fraction of sp³-hybridized carbons (Fsp3) is 0.469. The molecule has 2 heterocycles. The monoisotopic (exact) mass is 654 g/mol. The van der Waals surface area contributed by atoms with Crippen LogP contribution in [0.1, 0.15) is 53.8 Å². The van der Waals surface area contributed by atoms with Crippen LogP contribution in [-0.2, 0) is 20.7 Å². The number of benzene rings is 2. The lowest BCUT2D eigenvalue weighted by Crippen LogP contribution is -2.63. The summed E-state index contributed by atoms with van der Waals surface area (Å²) >= 11 is 4.91. The summed E-state index contributed by atoms with van der Waals surface area (Å²) in [5.74, 6) is -0.748. The molecule has 1 saturated carbocycles. The Bertz CT molecular complexity index is 1370. The zero-order valence-electron chi connectivity index (χ0n) is 23.8. The summed E-state index contributed by atoms with van der Waals surface area (Å²) in [6.07, 6.45) is 4.97. The second kappa shape index (κ2) is 14.6. The van der Waals surface area contributed by atoms with Gasteiger partial charge >= 0.3 is 0 Å². The van der Waals surface area contributed by atoms with E-state index in [2.05, 4.69) is 36.8 Å². The second-order valence-electron chi connectivity index (χ2n) is 11.2. The minimum absolute atomic E-state index is 0.207. The Labute approximate surface area is 259 Å². The summed E-state index contributed by atoms with van der Waals surface area (Å²) < 4.78 is 7.37. The Balaban J connectivity index is 1.27. The van der Waals surface area contributed by atoms with Crippen molar-refractivity contribution in [2.24, 2.45) is 0 Å². The zero-order chi connectivity index (χ0) is 29.4. The number of carbonyl (C=O) groups excluding carboxylic acids is 3. The van der Waals surface area contributed by atoms with Crippen molar-refractivity contribution in [1.82, 2.24) is 20.9 Å². The number of ether oxygens (including phenoxy) is 1. The second-order valence-corrected chi connectivity index (χ2v) is 13.2. The Morgan fingerprint density at radius 3 is 2.52 bits per heavy atom. The molecule has 3 amide bonds. The molecule has 0 unspecified atom stereocenters. The number of thiophene rings is 1. The van der Waals surface area contributed by atoms with Crippen molar-refractivity contribution in [2.75, 3.05) is 39.4 Å². The van der Waals surface area contributed by atoms with Gasteiger partial charge in [0.25, 0.3) is 5.91 Å². The predicted octanol–water partition coefficient (Wildman–Crippen LogP) is 4.66. The van der Waals surface area contributed by atoms with Gasteiger partial charge in [0, 0.05) is 35.2 Å². The van der Waals surface area contributed by atoms with Gasteiger partial charge < -0.3 is 20.7 Å². The Morgan fingerprint density at radius 2 is 1.76 bits per heavy atom. The Hall–Kier alpha value is -2.79. The van der Waals surface area contributed by atoms with Crippen LogP contribution >= 0.6 is 27.3 Å². The molecule has 1 saturated heterocycles. The van der Waals surface area contributed by atoms with Gasteiger partial charge in [-0.25, -0.2) is 0 Å². The van der Waals surface area contributed by atoms with E-state index in [4.69, 9.17) is 4.74 Å². The van der Waals surface area contributed by atoms with Crippen LogP contribution in [0.15, 0.2) is 59.1 Å². The van der Waals surface area contributed by atoms with E-state index < -0.39 is 11.6 Å². The lowest BCUT2D eigenvalue weighted by Gasteiger charge is -2.37. The van der Waals surface area contributed by atoms with Gasteiger partial charge in [0.05, 0.1) is 18.1 Å². The first-order valence-electron chi connectivity index (χ1n) is 14.9. The molecule has 10 heteroatoms. The van der Waals surface area contributed by atoms with Gasteiger partial charge in [0.15, 0.2) is 0 Å². The highest BCUT2D eigenvalue weighted by atomic mass is 79.9. The smallest absolute Gasteiger partial charge is 0.262 e. The summed E-state index contributed by atoms with van der Waals surface area (Å²) in [5, 5.41) is 10.2. The topological polar surface area (TPSA) is 99.8 Å². The lowest BCUT2D eigenvalue weighted by atomic mass is 9.80. The molecular formula is C32H39BrN4O4S. The molecule has 2 aromatic carbocycles. The molecule has 42 heavy (non-hydrogen) atoms. The number of amides is 3. The number of halogens is 1. The average molecular weight is 656 g/mol. The van der Waals surface area contributed by atoms with Crippen LogP contribution in [0.2, 0.25) is 0 Å². The minimum atomic E-state index is -1.06. The van der Waals surface area contributed by atoms with Gasteiger partial charge in [-0.1, -0.05) is 71.6 Å². The van der Waals surface area contributed by atoms with Gasteiger partial charge in [-0.05, 0) is 55.0 Å². The molecule has 8 nitrogen and oxygen atoms in total. The van der Waals surface area contributed by atoms with Crippen molar-refractivity contribution in [3.63, 3.8) is 0 Å². The molecule has 0 bridgehead atoms. The molecular weight excluding hydrogens is 616 g/mol. The third-order valence-corrected chi connectivity index (χ3v) is 9.75. The standard InChI is InChI=1S/C32H39BrN4O4S/c33-25-11-10-24-21-28(42-27(24)22-25)30(39)36-32(12-5-2-6-13-32)31(40)35-26(20-23-8-3-1-4-9-23)29(38)34-14-7-15-37-16-18-41-19-17-37/h1,3-4,8-11,21-22,26H,2,5-7,12-20H2,(H,34,38)(H,35,40)(H,36,39)/t26-/m1/s1. The number of fused-ring (bicyclic) bond motifs is 1. The molecule has 3 aromatic rings. The normalized spacial score (nSPS) is 17.8. The van der Waals surface area contributed by atoms with Crippen LogP contribution in [0.5, 0.6) is 0 Å². The largest absolute Gasteiger partial charge is 0.379 e. The van der Waals surface area contributed by atoms with Gasteiger partial charge in [-0.2, -0.15) is 0 Å². The minimum Gasteiger partial charge on any atom is -0.379 e. The van der Waals surface area contributed by atoms with Gasteiger partial charge in [-0.3, -0.25) is 19.3 Å². The number of hydrogen-bond donors (Lipinski definition) is 3. The maximum atomic E-state index is 14.0. The fourth-order valence-corrected chi connectivity index (χ4v) is 7.29. The molecule has 5 rings (SSSR count). The maximum Gasteiger partial charge on any atom is 0.262 e. The van der Waals surface area contributed by atoms with Crippen molar-refractivity contribution < 1.29 is 19.1 Å². The number of morpholine rings is 1. The van der Waals surface area contributed by atoms with Gasteiger partial charge in [0.2, 0.25) is 11.8 Å². The highest BCUT2D eigenvalue weighted by Crippen LogP contribution is 2.32. The van der Waals surface area contributed by atoms with Crippen LogP contribution < -0.4 is 16.0 Å². The fourth-order valence-electron chi connectivity index (χ4n) is 5.78. The highest BCUT2D eigenvalue weighted by Gasteiger charge is 2.42. The molecule has 2 aliphatic rings. The highest BCUT2D eigenvalue weighted by molar-refractivity contribution is 9.10. The van der Waals surface area contributed by atoms with Crippen LogP contribution in [0.3, 0.4) is 0 Å². The summed E-state index contributed by atoms with van der Waals surface area (Å²) in [6, 6.07) is 16.8. The zero-order valence-corrected chi connectivity index (χ0v) is 26.2. The van der Waals surface area contributed by atoms with Crippen LogP contribution in [0.4, 0.5) is 0 Å². The summed E-state index contributed by atoms with van der Waals surface area (Å²) in [4.78, 5) is 43.9. The first-order valence-corrected chi connectivity index (χ1v) is 16.5. The molecule has 3 N–H and O–H groups in total. The number of nitrogens with one attached hydrogen (secondary N) is 3. The van der Waals surface area contributed by atoms with Crippen LogP contribution in [-0.4, -0.2) is 73.6 Å².